The van der Waals surface area contributed by atoms with Crippen LogP contribution in [0.3, 0.4) is 0 Å². The SMILES string of the molecule is O=C(COC(=O)[C@H]1CC(=O)N(c2ccccc2F)C1)c1ccc2c(c1)OCCO2. The van der Waals surface area contributed by atoms with Gasteiger partial charge >= 0.3 is 5.97 Å². The number of Topliss-reactive ketones (excluding diaryl/α,β-unsaturated/α-hetero) is 1. The Hall–Kier alpha value is -3.42. The second-order valence-corrected chi connectivity index (χ2v) is 6.75. The third-order valence-electron chi connectivity index (χ3n) is 4.81. The summed E-state index contributed by atoms with van der Waals surface area (Å²) < 4.78 is 29.9. The van der Waals surface area contributed by atoms with E-state index in [1.807, 2.05) is 0 Å². The highest BCUT2D eigenvalue weighted by molar-refractivity contribution is 6.01. The third-order valence-corrected chi connectivity index (χ3v) is 4.81. The number of hydrogen-bond acceptors (Lipinski definition) is 6. The Balaban J connectivity index is 1.36. The number of fused-ring (bicyclic) bond motifs is 1. The molecule has 0 bridgehead atoms. The predicted molar refractivity (Wildman–Crippen MR) is 99.6 cm³/mol. The van der Waals surface area contributed by atoms with Gasteiger partial charge in [-0.2, -0.15) is 0 Å². The number of esters is 1. The van der Waals surface area contributed by atoms with Crippen LogP contribution in [0.2, 0.25) is 0 Å². The number of anilines is 1. The summed E-state index contributed by atoms with van der Waals surface area (Å²) in [5.74, 6) is -1.69. The van der Waals surface area contributed by atoms with Crippen LogP contribution in [0.4, 0.5) is 10.1 Å². The molecule has 1 fully saturated rings. The molecule has 29 heavy (non-hydrogen) atoms. The van der Waals surface area contributed by atoms with Crippen LogP contribution in [0.15, 0.2) is 42.5 Å². The highest BCUT2D eigenvalue weighted by Crippen LogP contribution is 2.31. The van der Waals surface area contributed by atoms with Crippen molar-refractivity contribution >= 4 is 23.3 Å². The Labute approximate surface area is 166 Å². The van der Waals surface area contributed by atoms with Gasteiger partial charge in [0.2, 0.25) is 5.91 Å². The van der Waals surface area contributed by atoms with E-state index in [9.17, 15) is 18.8 Å². The molecule has 0 aliphatic carbocycles. The monoisotopic (exact) mass is 399 g/mol. The maximum atomic E-state index is 13.9. The molecule has 0 N–H and O–H groups in total. The standard InChI is InChI=1S/C21H18FNO6/c22-15-3-1-2-4-16(15)23-11-14(10-20(23)25)21(26)29-12-17(24)13-5-6-18-19(9-13)28-8-7-27-18/h1-6,9,14H,7-8,10-12H2/t14-/m0/s1. The average molecular weight is 399 g/mol. The van der Waals surface area contributed by atoms with Crippen LogP contribution in [0.25, 0.3) is 0 Å². The molecule has 2 heterocycles. The Kier molecular flexibility index (Phi) is 5.16. The van der Waals surface area contributed by atoms with E-state index in [1.54, 1.807) is 24.3 Å². The van der Waals surface area contributed by atoms with Crippen molar-refractivity contribution in [1.82, 2.24) is 0 Å². The zero-order valence-electron chi connectivity index (χ0n) is 15.4. The van der Waals surface area contributed by atoms with Crippen molar-refractivity contribution in [1.29, 1.82) is 0 Å². The smallest absolute Gasteiger partial charge is 0.311 e. The molecule has 0 spiro atoms. The average Bonchev–Trinajstić information content (AvgIpc) is 3.13. The van der Waals surface area contributed by atoms with Gasteiger partial charge in [0, 0.05) is 18.5 Å². The summed E-state index contributed by atoms with van der Waals surface area (Å²) in [6.07, 6.45) is -0.0919. The molecule has 0 radical (unpaired) electrons. The van der Waals surface area contributed by atoms with Gasteiger partial charge in [-0.05, 0) is 30.3 Å². The molecule has 1 atom stereocenters. The van der Waals surface area contributed by atoms with Crippen molar-refractivity contribution in [3.63, 3.8) is 0 Å². The van der Waals surface area contributed by atoms with Gasteiger partial charge in [0.15, 0.2) is 23.9 Å². The largest absolute Gasteiger partial charge is 0.486 e. The van der Waals surface area contributed by atoms with Crippen molar-refractivity contribution in [2.45, 2.75) is 6.42 Å². The minimum absolute atomic E-state index is 0.0107. The number of amides is 1. The number of carbonyl (C=O) groups is 3. The molecule has 4 rings (SSSR count). The van der Waals surface area contributed by atoms with E-state index in [1.165, 1.54) is 23.1 Å². The second-order valence-electron chi connectivity index (χ2n) is 6.75. The fraction of sp³-hybridized carbons (Fsp3) is 0.286. The predicted octanol–water partition coefficient (Wildman–Crippen LogP) is 2.38. The number of halogens is 1. The van der Waals surface area contributed by atoms with Gasteiger partial charge in [0.05, 0.1) is 11.6 Å². The molecule has 2 aromatic rings. The molecular weight excluding hydrogens is 381 g/mol. The Morgan fingerprint density at radius 3 is 2.66 bits per heavy atom. The summed E-state index contributed by atoms with van der Waals surface area (Å²) in [6, 6.07) is 10.6. The lowest BCUT2D eigenvalue weighted by Gasteiger charge is -2.18. The van der Waals surface area contributed by atoms with Crippen molar-refractivity contribution in [2.24, 2.45) is 5.92 Å². The van der Waals surface area contributed by atoms with E-state index in [2.05, 4.69) is 0 Å². The van der Waals surface area contributed by atoms with E-state index >= 15 is 0 Å². The Bertz CT molecular complexity index is 975. The Morgan fingerprint density at radius 2 is 1.86 bits per heavy atom. The minimum atomic E-state index is -0.754. The van der Waals surface area contributed by atoms with Crippen LogP contribution in [-0.4, -0.2) is 44.0 Å². The number of benzene rings is 2. The molecule has 0 aromatic heterocycles. The lowest BCUT2D eigenvalue weighted by atomic mass is 10.1. The topological polar surface area (TPSA) is 82.1 Å². The molecule has 2 aliphatic rings. The number of rotatable bonds is 5. The summed E-state index contributed by atoms with van der Waals surface area (Å²) >= 11 is 0. The molecule has 2 aromatic carbocycles. The highest BCUT2D eigenvalue weighted by Gasteiger charge is 2.37. The molecule has 1 amide bonds. The van der Waals surface area contributed by atoms with Gasteiger partial charge in [0.25, 0.3) is 0 Å². The van der Waals surface area contributed by atoms with Crippen molar-refractivity contribution in [2.75, 3.05) is 31.3 Å². The van der Waals surface area contributed by atoms with E-state index in [4.69, 9.17) is 14.2 Å². The number of ketones is 1. The maximum absolute atomic E-state index is 13.9. The first kappa shape index (κ1) is 18.9. The second kappa shape index (κ2) is 7.90. The van der Waals surface area contributed by atoms with E-state index < -0.39 is 30.1 Å². The Morgan fingerprint density at radius 1 is 1.10 bits per heavy atom. The summed E-state index contributed by atoms with van der Waals surface area (Å²) in [5, 5.41) is 0. The van der Waals surface area contributed by atoms with Crippen LogP contribution in [0, 0.1) is 11.7 Å². The van der Waals surface area contributed by atoms with Crippen LogP contribution < -0.4 is 14.4 Å². The number of carbonyl (C=O) groups excluding carboxylic acids is 3. The molecule has 150 valence electrons. The first-order valence-corrected chi connectivity index (χ1v) is 9.17. The minimum Gasteiger partial charge on any atom is -0.486 e. The van der Waals surface area contributed by atoms with E-state index in [0.717, 1.165) is 0 Å². The summed E-state index contributed by atoms with van der Waals surface area (Å²) in [4.78, 5) is 38.1. The normalized spacial score (nSPS) is 17.9. The fourth-order valence-electron chi connectivity index (χ4n) is 3.32. The molecule has 0 saturated carbocycles. The molecule has 7 nitrogen and oxygen atoms in total. The van der Waals surface area contributed by atoms with Crippen molar-refractivity contribution in [3.8, 4) is 11.5 Å². The van der Waals surface area contributed by atoms with Gasteiger partial charge in [0.1, 0.15) is 19.0 Å². The number of para-hydroxylation sites is 1. The van der Waals surface area contributed by atoms with Gasteiger partial charge in [-0.1, -0.05) is 12.1 Å². The molecule has 8 heteroatoms. The number of ether oxygens (including phenoxy) is 3. The van der Waals surface area contributed by atoms with Crippen LogP contribution >= 0.6 is 0 Å². The van der Waals surface area contributed by atoms with Gasteiger partial charge in [-0.25, -0.2) is 4.39 Å². The highest BCUT2D eigenvalue weighted by atomic mass is 19.1. The molecule has 1 saturated heterocycles. The number of nitrogens with zero attached hydrogens (tertiary/aromatic N) is 1. The van der Waals surface area contributed by atoms with Crippen LogP contribution in [0.1, 0.15) is 16.8 Å². The number of hydrogen-bond donors (Lipinski definition) is 0. The van der Waals surface area contributed by atoms with Crippen molar-refractivity contribution < 1.29 is 33.0 Å². The molecular formula is C21H18FNO6. The summed E-state index contributed by atoms with van der Waals surface area (Å²) in [6.45, 7) is 0.398. The maximum Gasteiger partial charge on any atom is 0.311 e. The lowest BCUT2D eigenvalue weighted by Crippen LogP contribution is -2.27. The lowest BCUT2D eigenvalue weighted by molar-refractivity contribution is -0.147. The first-order valence-electron chi connectivity index (χ1n) is 9.17. The molecule has 2 aliphatic heterocycles. The summed E-state index contributed by atoms with van der Waals surface area (Å²) in [7, 11) is 0. The zero-order valence-corrected chi connectivity index (χ0v) is 15.4. The first-order chi connectivity index (χ1) is 14.0. The fourth-order valence-corrected chi connectivity index (χ4v) is 3.32. The van der Waals surface area contributed by atoms with E-state index in [-0.39, 0.29) is 24.6 Å². The molecule has 0 unspecified atom stereocenters. The van der Waals surface area contributed by atoms with E-state index in [0.29, 0.717) is 30.3 Å². The quantitative estimate of drug-likeness (QED) is 0.567. The van der Waals surface area contributed by atoms with Gasteiger partial charge in [-0.3, -0.25) is 14.4 Å². The van der Waals surface area contributed by atoms with Gasteiger partial charge < -0.3 is 19.1 Å². The van der Waals surface area contributed by atoms with Crippen molar-refractivity contribution in [3.05, 3.63) is 53.8 Å². The summed E-state index contributed by atoms with van der Waals surface area (Å²) in [5.41, 5.74) is 0.456. The van der Waals surface area contributed by atoms with Crippen LogP contribution in [0.5, 0.6) is 11.5 Å². The third kappa shape index (κ3) is 3.91. The van der Waals surface area contributed by atoms with Crippen LogP contribution in [-0.2, 0) is 14.3 Å². The zero-order chi connectivity index (χ0) is 20.4. The van der Waals surface area contributed by atoms with Gasteiger partial charge in [-0.15, -0.1) is 0 Å².